The number of rotatable bonds is 6. The molecule has 1 atom stereocenters. The van der Waals surface area contributed by atoms with E-state index < -0.39 is 22.1 Å². The van der Waals surface area contributed by atoms with E-state index in [1.807, 2.05) is 30.3 Å². The van der Waals surface area contributed by atoms with Crippen molar-refractivity contribution in [1.82, 2.24) is 14.5 Å². The van der Waals surface area contributed by atoms with Crippen LogP contribution in [0.5, 0.6) is 0 Å². The molecule has 0 bridgehead atoms. The molecule has 3 aromatic rings. The number of hydrogen-bond donors (Lipinski definition) is 0. The van der Waals surface area contributed by atoms with Gasteiger partial charge in [-0.2, -0.15) is 0 Å². The predicted octanol–water partition coefficient (Wildman–Crippen LogP) is 3.56. The highest BCUT2D eigenvalue weighted by molar-refractivity contribution is 7.89. The summed E-state index contributed by atoms with van der Waals surface area (Å²) in [5.74, 6) is -0.328. The first-order valence-corrected chi connectivity index (χ1v) is 10.3. The number of ether oxygens (including phenoxy) is 1. The minimum atomic E-state index is -3.82. The van der Waals surface area contributed by atoms with Gasteiger partial charge in [0.15, 0.2) is 6.10 Å². The van der Waals surface area contributed by atoms with Crippen molar-refractivity contribution in [1.29, 1.82) is 0 Å². The largest absolute Gasteiger partial charge is 0.449 e. The van der Waals surface area contributed by atoms with E-state index in [2.05, 4.69) is 10.2 Å². The first kappa shape index (κ1) is 21.0. The number of esters is 1. The van der Waals surface area contributed by atoms with Gasteiger partial charge in [0, 0.05) is 19.7 Å². The molecule has 0 saturated heterocycles. The number of aromatic nitrogens is 2. The summed E-state index contributed by atoms with van der Waals surface area (Å²) in [5, 5.41) is 7.88. The SMILES string of the molecule is CC(OC(=O)c1ccc(Cl)c(S(=O)(=O)N(C)C)c1)c1nnc(-c2ccccc2)o1. The van der Waals surface area contributed by atoms with Crippen molar-refractivity contribution >= 4 is 27.6 Å². The molecule has 1 unspecified atom stereocenters. The topological polar surface area (TPSA) is 103 Å². The number of nitrogens with zero attached hydrogens (tertiary/aromatic N) is 3. The Kier molecular flexibility index (Phi) is 6.02. The van der Waals surface area contributed by atoms with Gasteiger partial charge in [0.25, 0.3) is 5.89 Å². The number of sulfonamides is 1. The highest BCUT2D eigenvalue weighted by Gasteiger charge is 2.25. The molecule has 8 nitrogen and oxygen atoms in total. The van der Waals surface area contributed by atoms with Gasteiger partial charge in [-0.05, 0) is 37.3 Å². The van der Waals surface area contributed by atoms with Gasteiger partial charge in [0.2, 0.25) is 15.9 Å². The van der Waals surface area contributed by atoms with E-state index in [0.29, 0.717) is 5.89 Å². The van der Waals surface area contributed by atoms with Crippen LogP contribution in [0.15, 0.2) is 57.8 Å². The number of carbonyl (C=O) groups is 1. The molecule has 2 aromatic carbocycles. The van der Waals surface area contributed by atoms with E-state index in [4.69, 9.17) is 20.8 Å². The lowest BCUT2D eigenvalue weighted by molar-refractivity contribution is 0.0279. The summed E-state index contributed by atoms with van der Waals surface area (Å²) in [4.78, 5) is 12.3. The molecule has 3 rings (SSSR count). The van der Waals surface area contributed by atoms with E-state index in [1.165, 1.54) is 32.3 Å². The van der Waals surface area contributed by atoms with Crippen molar-refractivity contribution in [2.24, 2.45) is 0 Å². The highest BCUT2D eigenvalue weighted by atomic mass is 35.5. The van der Waals surface area contributed by atoms with Gasteiger partial charge in [0.05, 0.1) is 10.6 Å². The summed E-state index contributed by atoms with van der Waals surface area (Å²) in [6, 6.07) is 13.1. The van der Waals surface area contributed by atoms with Crippen molar-refractivity contribution in [3.05, 3.63) is 65.0 Å². The molecule has 0 amide bonds. The third kappa shape index (κ3) is 4.47. The molecule has 152 valence electrons. The highest BCUT2D eigenvalue weighted by Crippen LogP contribution is 2.27. The van der Waals surface area contributed by atoms with Crippen LogP contribution in [0.4, 0.5) is 0 Å². The van der Waals surface area contributed by atoms with Crippen LogP contribution in [-0.2, 0) is 14.8 Å². The summed E-state index contributed by atoms with van der Waals surface area (Å²) in [6.45, 7) is 1.58. The molecule has 0 aliphatic carbocycles. The third-order valence-electron chi connectivity index (χ3n) is 4.02. The van der Waals surface area contributed by atoms with Crippen LogP contribution in [-0.4, -0.2) is 43.0 Å². The minimum Gasteiger partial charge on any atom is -0.449 e. The Morgan fingerprint density at radius 1 is 1.14 bits per heavy atom. The van der Waals surface area contributed by atoms with Crippen molar-refractivity contribution in [3.63, 3.8) is 0 Å². The zero-order valence-electron chi connectivity index (χ0n) is 15.9. The van der Waals surface area contributed by atoms with E-state index in [1.54, 1.807) is 6.92 Å². The zero-order valence-corrected chi connectivity index (χ0v) is 17.4. The molecule has 10 heteroatoms. The molecule has 0 aliphatic rings. The van der Waals surface area contributed by atoms with Gasteiger partial charge in [-0.15, -0.1) is 10.2 Å². The summed E-state index contributed by atoms with van der Waals surface area (Å²) in [6.07, 6.45) is -0.836. The van der Waals surface area contributed by atoms with Crippen molar-refractivity contribution < 1.29 is 22.4 Å². The summed E-state index contributed by atoms with van der Waals surface area (Å²) in [5.41, 5.74) is 0.769. The maximum absolute atomic E-state index is 12.5. The molecule has 29 heavy (non-hydrogen) atoms. The van der Waals surface area contributed by atoms with Crippen LogP contribution >= 0.6 is 11.6 Å². The molecule has 1 aromatic heterocycles. The van der Waals surface area contributed by atoms with Crippen LogP contribution in [0.2, 0.25) is 5.02 Å². The molecule has 0 spiro atoms. The fourth-order valence-corrected chi connectivity index (χ4v) is 3.79. The maximum atomic E-state index is 12.5. The van der Waals surface area contributed by atoms with Crippen molar-refractivity contribution in [2.75, 3.05) is 14.1 Å². The van der Waals surface area contributed by atoms with Gasteiger partial charge in [-0.1, -0.05) is 29.8 Å². The maximum Gasteiger partial charge on any atom is 0.338 e. The van der Waals surface area contributed by atoms with Gasteiger partial charge < -0.3 is 9.15 Å². The lowest BCUT2D eigenvalue weighted by Gasteiger charge is -2.14. The fraction of sp³-hybridized carbons (Fsp3) is 0.211. The molecule has 0 saturated carbocycles. The predicted molar refractivity (Wildman–Crippen MR) is 106 cm³/mol. The van der Waals surface area contributed by atoms with Gasteiger partial charge in [-0.25, -0.2) is 17.5 Å². The molecule has 0 radical (unpaired) electrons. The number of hydrogen-bond acceptors (Lipinski definition) is 7. The van der Waals surface area contributed by atoms with Gasteiger partial charge in [0.1, 0.15) is 4.90 Å². The van der Waals surface area contributed by atoms with Gasteiger partial charge >= 0.3 is 5.97 Å². The number of benzene rings is 2. The average Bonchev–Trinajstić information content (AvgIpc) is 3.19. The van der Waals surface area contributed by atoms with Crippen molar-refractivity contribution in [3.8, 4) is 11.5 Å². The second-order valence-corrected chi connectivity index (χ2v) is 8.82. The van der Waals surface area contributed by atoms with Crippen LogP contribution in [0.1, 0.15) is 29.3 Å². The molecule has 0 fully saturated rings. The Balaban J connectivity index is 1.80. The summed E-state index contributed by atoms with van der Waals surface area (Å²) < 4.78 is 36.7. The smallest absolute Gasteiger partial charge is 0.338 e. The lowest BCUT2D eigenvalue weighted by Crippen LogP contribution is -2.23. The Morgan fingerprint density at radius 3 is 2.48 bits per heavy atom. The molecular formula is C19H18ClN3O5S. The molecule has 0 aliphatic heterocycles. The Bertz CT molecular complexity index is 1130. The first-order chi connectivity index (χ1) is 13.7. The van der Waals surface area contributed by atoms with Crippen LogP contribution < -0.4 is 0 Å². The second-order valence-electron chi connectivity index (χ2n) is 6.29. The minimum absolute atomic E-state index is 0.00713. The van der Waals surface area contributed by atoms with E-state index >= 15 is 0 Å². The first-order valence-electron chi connectivity index (χ1n) is 8.52. The van der Waals surface area contributed by atoms with Crippen LogP contribution in [0, 0.1) is 0 Å². The zero-order chi connectivity index (χ0) is 21.2. The molecule has 0 N–H and O–H groups in total. The Morgan fingerprint density at radius 2 is 1.83 bits per heavy atom. The Hall–Kier alpha value is -2.75. The second kappa shape index (κ2) is 8.32. The number of carbonyl (C=O) groups excluding carboxylic acids is 1. The molecule has 1 heterocycles. The van der Waals surface area contributed by atoms with Crippen molar-refractivity contribution in [2.45, 2.75) is 17.9 Å². The van der Waals surface area contributed by atoms with Crippen LogP contribution in [0.3, 0.4) is 0 Å². The normalized spacial score (nSPS) is 12.7. The van der Waals surface area contributed by atoms with E-state index in [-0.39, 0.29) is 21.4 Å². The standard InChI is InChI=1S/C19H18ClN3O5S/c1-12(17-21-22-18(28-17)13-7-5-4-6-8-13)27-19(24)14-9-10-15(20)16(11-14)29(25,26)23(2)3/h4-12H,1-3H3. The lowest BCUT2D eigenvalue weighted by atomic mass is 10.2. The fourth-order valence-electron chi connectivity index (χ4n) is 2.40. The average molecular weight is 436 g/mol. The monoisotopic (exact) mass is 435 g/mol. The van der Waals surface area contributed by atoms with Gasteiger partial charge in [-0.3, -0.25) is 0 Å². The van der Waals surface area contributed by atoms with E-state index in [9.17, 15) is 13.2 Å². The summed E-state index contributed by atoms with van der Waals surface area (Å²) >= 11 is 6.00. The van der Waals surface area contributed by atoms with Crippen LogP contribution in [0.25, 0.3) is 11.5 Å². The van der Waals surface area contributed by atoms with E-state index in [0.717, 1.165) is 9.87 Å². The number of halogens is 1. The quantitative estimate of drug-likeness (QED) is 0.545. The molecular weight excluding hydrogens is 418 g/mol. The summed E-state index contributed by atoms with van der Waals surface area (Å²) in [7, 11) is -1.07. The third-order valence-corrected chi connectivity index (χ3v) is 6.32. The Labute approximate surface area is 173 Å².